The molecule has 1 unspecified atom stereocenters. The standard InChI is InChI=1S/C69H116O6/c1-4-7-10-13-16-19-22-24-26-27-28-29-30-31-32-33-34-35-36-37-38-39-40-41-43-44-47-50-53-56-59-62-68(71)74-65-66(64-73-67(70)61-58-55-52-49-46-21-18-15-12-9-6-3)75-69(72)63-60-57-54-51-48-45-42-25-23-20-17-14-11-8-5-2/h7-8,10-11,15-20,24-26,28-29,42,48,51,66H,4-6,9,12-14,21-23,27,30-41,43-47,49-50,52-65H2,1-3H3/b10-7-,11-8-,18-15-,19-16-,20-17-,26-24-,29-28-,42-25-,51-48-. The van der Waals surface area contributed by atoms with Crippen molar-refractivity contribution >= 4 is 17.9 Å². The van der Waals surface area contributed by atoms with Gasteiger partial charge < -0.3 is 14.2 Å². The highest BCUT2D eigenvalue weighted by atomic mass is 16.6. The second-order valence-corrected chi connectivity index (χ2v) is 20.5. The zero-order valence-electron chi connectivity index (χ0n) is 49.0. The van der Waals surface area contributed by atoms with Crippen LogP contribution in [0.4, 0.5) is 0 Å². The third-order valence-electron chi connectivity index (χ3n) is 13.2. The highest BCUT2D eigenvalue weighted by Crippen LogP contribution is 2.16. The van der Waals surface area contributed by atoms with Gasteiger partial charge in [0.2, 0.25) is 0 Å². The van der Waals surface area contributed by atoms with Crippen molar-refractivity contribution in [1.29, 1.82) is 0 Å². The Morgan fingerprint density at radius 3 is 0.853 bits per heavy atom. The number of esters is 3. The molecule has 6 heteroatoms. The molecular formula is C69H116O6. The third kappa shape index (κ3) is 60.8. The van der Waals surface area contributed by atoms with Gasteiger partial charge in [0, 0.05) is 19.3 Å². The Bertz CT molecular complexity index is 1520. The van der Waals surface area contributed by atoms with Gasteiger partial charge in [0.05, 0.1) is 0 Å². The Balaban J connectivity index is 4.17. The maximum Gasteiger partial charge on any atom is 0.306 e. The van der Waals surface area contributed by atoms with Crippen molar-refractivity contribution in [2.24, 2.45) is 0 Å². The Morgan fingerprint density at radius 2 is 0.520 bits per heavy atom. The summed E-state index contributed by atoms with van der Waals surface area (Å²) in [6, 6.07) is 0. The summed E-state index contributed by atoms with van der Waals surface area (Å²) in [5.74, 6) is -0.943. The first-order chi connectivity index (χ1) is 37.0. The van der Waals surface area contributed by atoms with E-state index in [2.05, 4.69) is 130 Å². The van der Waals surface area contributed by atoms with E-state index in [-0.39, 0.29) is 37.5 Å². The Hall–Kier alpha value is -3.93. The van der Waals surface area contributed by atoms with Crippen LogP contribution in [0, 0.1) is 0 Å². The van der Waals surface area contributed by atoms with Crippen molar-refractivity contribution in [1.82, 2.24) is 0 Å². The summed E-state index contributed by atoms with van der Waals surface area (Å²) in [4.78, 5) is 38.1. The molecule has 0 aliphatic heterocycles. The van der Waals surface area contributed by atoms with Crippen LogP contribution in [0.3, 0.4) is 0 Å². The molecular weight excluding hydrogens is 925 g/mol. The lowest BCUT2D eigenvalue weighted by Gasteiger charge is -2.18. The van der Waals surface area contributed by atoms with Gasteiger partial charge in [0.25, 0.3) is 0 Å². The van der Waals surface area contributed by atoms with Gasteiger partial charge in [0.15, 0.2) is 6.10 Å². The molecule has 0 spiro atoms. The zero-order valence-corrected chi connectivity index (χ0v) is 49.0. The number of hydrogen-bond acceptors (Lipinski definition) is 6. The van der Waals surface area contributed by atoms with Crippen molar-refractivity contribution in [2.45, 2.75) is 297 Å². The van der Waals surface area contributed by atoms with Gasteiger partial charge in [-0.1, -0.05) is 265 Å². The van der Waals surface area contributed by atoms with Crippen LogP contribution in [0.1, 0.15) is 290 Å². The summed E-state index contributed by atoms with van der Waals surface area (Å²) in [5, 5.41) is 0. The van der Waals surface area contributed by atoms with E-state index in [0.29, 0.717) is 19.3 Å². The number of unbranched alkanes of at least 4 members (excludes halogenated alkanes) is 27. The largest absolute Gasteiger partial charge is 0.462 e. The molecule has 0 heterocycles. The number of rotatable bonds is 56. The van der Waals surface area contributed by atoms with Crippen LogP contribution in [-0.2, 0) is 28.6 Å². The SMILES string of the molecule is CC/C=C\C/C=C\C/C=C\C/C=C\CCCCCCCCCCCCCCCCCCCCC(=O)OCC(COC(=O)CCCCCCC/C=C\CCCC)OC(=O)CCCC/C=C\C/C=C\C/C=C\C/C=C\CC. The first kappa shape index (κ1) is 71.1. The number of ether oxygens (including phenoxy) is 3. The normalized spacial score (nSPS) is 12.8. The topological polar surface area (TPSA) is 78.9 Å². The van der Waals surface area contributed by atoms with Gasteiger partial charge in [-0.05, 0) is 116 Å². The van der Waals surface area contributed by atoms with Gasteiger partial charge in [-0.25, -0.2) is 0 Å². The lowest BCUT2D eigenvalue weighted by atomic mass is 10.0. The van der Waals surface area contributed by atoms with Crippen molar-refractivity contribution in [3.05, 3.63) is 109 Å². The average Bonchev–Trinajstić information content (AvgIpc) is 3.41. The van der Waals surface area contributed by atoms with Crippen LogP contribution in [0.25, 0.3) is 0 Å². The van der Waals surface area contributed by atoms with E-state index < -0.39 is 6.10 Å². The molecule has 0 aromatic heterocycles. The number of hydrogen-bond donors (Lipinski definition) is 0. The number of carbonyl (C=O) groups excluding carboxylic acids is 3. The minimum absolute atomic E-state index is 0.0959. The molecule has 0 saturated heterocycles. The second kappa shape index (κ2) is 62.6. The molecule has 0 aromatic carbocycles. The van der Waals surface area contributed by atoms with Crippen molar-refractivity contribution < 1.29 is 28.6 Å². The second-order valence-electron chi connectivity index (χ2n) is 20.5. The lowest BCUT2D eigenvalue weighted by molar-refractivity contribution is -0.167. The predicted molar refractivity (Wildman–Crippen MR) is 325 cm³/mol. The summed E-state index contributed by atoms with van der Waals surface area (Å²) in [6.45, 7) is 6.34. The van der Waals surface area contributed by atoms with E-state index in [4.69, 9.17) is 14.2 Å². The molecule has 75 heavy (non-hydrogen) atoms. The van der Waals surface area contributed by atoms with Gasteiger partial charge in [-0.2, -0.15) is 0 Å². The van der Waals surface area contributed by atoms with E-state index >= 15 is 0 Å². The molecule has 6 nitrogen and oxygen atoms in total. The molecule has 0 amide bonds. The molecule has 0 aliphatic rings. The van der Waals surface area contributed by atoms with E-state index in [0.717, 1.165) is 116 Å². The van der Waals surface area contributed by atoms with Crippen LogP contribution >= 0.6 is 0 Å². The smallest absolute Gasteiger partial charge is 0.306 e. The Kier molecular flexibility index (Phi) is 59.3. The van der Waals surface area contributed by atoms with Gasteiger partial charge in [0.1, 0.15) is 13.2 Å². The minimum atomic E-state index is -0.802. The summed E-state index contributed by atoms with van der Waals surface area (Å²) >= 11 is 0. The molecule has 0 rings (SSSR count). The van der Waals surface area contributed by atoms with Crippen LogP contribution in [-0.4, -0.2) is 37.2 Å². The lowest BCUT2D eigenvalue weighted by Crippen LogP contribution is -2.30. The molecule has 0 bridgehead atoms. The Labute approximate surface area is 463 Å². The highest BCUT2D eigenvalue weighted by Gasteiger charge is 2.19. The highest BCUT2D eigenvalue weighted by molar-refractivity contribution is 5.71. The monoisotopic (exact) mass is 1040 g/mol. The average molecular weight is 1040 g/mol. The molecule has 0 fully saturated rings. The maximum absolute atomic E-state index is 12.8. The fourth-order valence-electron chi connectivity index (χ4n) is 8.58. The Morgan fingerprint density at radius 1 is 0.280 bits per heavy atom. The van der Waals surface area contributed by atoms with Crippen molar-refractivity contribution in [3.8, 4) is 0 Å². The fraction of sp³-hybridized carbons (Fsp3) is 0.696. The maximum atomic E-state index is 12.8. The molecule has 0 aliphatic carbocycles. The van der Waals surface area contributed by atoms with E-state index in [1.165, 1.54) is 128 Å². The quantitative estimate of drug-likeness (QED) is 0.0261. The summed E-state index contributed by atoms with van der Waals surface area (Å²) in [7, 11) is 0. The van der Waals surface area contributed by atoms with Gasteiger partial charge in [-0.15, -0.1) is 0 Å². The first-order valence-electron chi connectivity index (χ1n) is 31.4. The summed E-state index contributed by atoms with van der Waals surface area (Å²) in [6.07, 6.45) is 85.5. The van der Waals surface area contributed by atoms with Gasteiger partial charge >= 0.3 is 17.9 Å². The van der Waals surface area contributed by atoms with E-state index in [1.807, 2.05) is 0 Å². The van der Waals surface area contributed by atoms with Crippen molar-refractivity contribution in [3.63, 3.8) is 0 Å². The zero-order chi connectivity index (χ0) is 54.3. The molecule has 428 valence electrons. The predicted octanol–water partition coefficient (Wildman–Crippen LogP) is 21.4. The van der Waals surface area contributed by atoms with E-state index in [1.54, 1.807) is 0 Å². The summed E-state index contributed by atoms with van der Waals surface area (Å²) in [5.41, 5.74) is 0. The van der Waals surface area contributed by atoms with Crippen molar-refractivity contribution in [2.75, 3.05) is 13.2 Å². The van der Waals surface area contributed by atoms with Crippen LogP contribution in [0.15, 0.2) is 109 Å². The van der Waals surface area contributed by atoms with Crippen LogP contribution < -0.4 is 0 Å². The molecule has 0 saturated carbocycles. The molecule has 0 N–H and O–H groups in total. The van der Waals surface area contributed by atoms with Crippen LogP contribution in [0.2, 0.25) is 0 Å². The number of allylic oxidation sites excluding steroid dienone is 18. The van der Waals surface area contributed by atoms with Crippen LogP contribution in [0.5, 0.6) is 0 Å². The third-order valence-corrected chi connectivity index (χ3v) is 13.2. The molecule has 0 aromatic rings. The van der Waals surface area contributed by atoms with Gasteiger partial charge in [-0.3, -0.25) is 14.4 Å². The first-order valence-corrected chi connectivity index (χ1v) is 31.4. The fourth-order valence-corrected chi connectivity index (χ4v) is 8.58. The minimum Gasteiger partial charge on any atom is -0.462 e. The summed E-state index contributed by atoms with van der Waals surface area (Å²) < 4.78 is 16.8. The molecule has 0 radical (unpaired) electrons. The molecule has 1 atom stereocenters. The van der Waals surface area contributed by atoms with E-state index in [9.17, 15) is 14.4 Å². The number of carbonyl (C=O) groups is 3.